The lowest BCUT2D eigenvalue weighted by molar-refractivity contribution is -0.385. The van der Waals surface area contributed by atoms with E-state index in [1.54, 1.807) is 0 Å². The normalized spacial score (nSPS) is 15.3. The fourth-order valence-electron chi connectivity index (χ4n) is 2.48. The summed E-state index contributed by atoms with van der Waals surface area (Å²) >= 11 is 0.998. The first-order valence-corrected chi connectivity index (χ1v) is 8.89. The van der Waals surface area contributed by atoms with Gasteiger partial charge in [0.25, 0.3) is 5.91 Å². The van der Waals surface area contributed by atoms with Gasteiger partial charge in [-0.1, -0.05) is 6.07 Å². The summed E-state index contributed by atoms with van der Waals surface area (Å²) in [5, 5.41) is 11.3. The molecule has 0 radical (unpaired) electrons. The molecule has 1 amide bonds. The van der Waals surface area contributed by atoms with Crippen LogP contribution < -0.4 is 15.2 Å². The van der Waals surface area contributed by atoms with Crippen molar-refractivity contribution in [3.63, 3.8) is 0 Å². The molecule has 8 nitrogen and oxygen atoms in total. The maximum atomic E-state index is 12.8. The van der Waals surface area contributed by atoms with Crippen LogP contribution in [0, 0.1) is 10.1 Å². The van der Waals surface area contributed by atoms with Gasteiger partial charge in [0, 0.05) is 6.07 Å². The number of benzene rings is 2. The van der Waals surface area contributed by atoms with E-state index >= 15 is 0 Å². The molecule has 1 aliphatic rings. The third kappa shape index (κ3) is 4.54. The Morgan fingerprint density at radius 1 is 1.17 bits per heavy atom. The first kappa shape index (κ1) is 21.2. The van der Waals surface area contributed by atoms with E-state index in [0.717, 1.165) is 17.8 Å². The summed E-state index contributed by atoms with van der Waals surface area (Å²) in [7, 11) is 1.32. The van der Waals surface area contributed by atoms with Crippen molar-refractivity contribution >= 4 is 34.6 Å². The lowest BCUT2D eigenvalue weighted by atomic mass is 10.1. The Labute approximate surface area is 171 Å². The predicted molar refractivity (Wildman–Crippen MR) is 103 cm³/mol. The molecule has 1 aliphatic heterocycles. The fraction of sp³-hybridized carbons (Fsp3) is 0.111. The number of nitro benzene ring substituents is 1. The molecule has 3 rings (SSSR count). The van der Waals surface area contributed by atoms with Gasteiger partial charge in [-0.25, -0.2) is 0 Å². The highest BCUT2D eigenvalue weighted by Gasteiger charge is 2.33. The summed E-state index contributed by atoms with van der Waals surface area (Å²) in [6.45, 7) is 0. The van der Waals surface area contributed by atoms with E-state index in [1.807, 2.05) is 0 Å². The number of methoxy groups -OCH3 is 1. The van der Waals surface area contributed by atoms with Crippen LogP contribution >= 0.6 is 11.8 Å². The van der Waals surface area contributed by atoms with Crippen molar-refractivity contribution in [2.45, 2.75) is 6.18 Å². The first-order chi connectivity index (χ1) is 14.1. The second-order valence-electron chi connectivity index (χ2n) is 5.82. The number of nitro groups is 1. The van der Waals surface area contributed by atoms with Crippen LogP contribution in [0.3, 0.4) is 0 Å². The summed E-state index contributed by atoms with van der Waals surface area (Å²) in [5.41, 5.74) is 4.00. The van der Waals surface area contributed by atoms with Crippen LogP contribution in [0.5, 0.6) is 17.2 Å². The van der Waals surface area contributed by atoms with E-state index in [9.17, 15) is 28.1 Å². The second-order valence-corrected chi connectivity index (χ2v) is 6.88. The lowest BCUT2D eigenvalue weighted by Crippen LogP contribution is -2.06. The van der Waals surface area contributed by atoms with Crippen LogP contribution in [0.1, 0.15) is 11.1 Å². The number of amidine groups is 1. The van der Waals surface area contributed by atoms with Gasteiger partial charge in [0.15, 0.2) is 16.7 Å². The molecule has 0 atom stereocenters. The van der Waals surface area contributed by atoms with Crippen molar-refractivity contribution in [2.75, 3.05) is 7.11 Å². The number of nitrogens with zero attached hydrogens (tertiary/aromatic N) is 2. The number of hydrogen-bond acceptors (Lipinski definition) is 7. The van der Waals surface area contributed by atoms with Crippen LogP contribution in [-0.4, -0.2) is 23.1 Å². The molecule has 0 fully saturated rings. The van der Waals surface area contributed by atoms with Gasteiger partial charge in [0.2, 0.25) is 5.75 Å². The Kier molecular flexibility index (Phi) is 5.69. The lowest BCUT2D eigenvalue weighted by Gasteiger charge is -2.13. The smallest absolute Gasteiger partial charge is 0.416 e. The van der Waals surface area contributed by atoms with Gasteiger partial charge >= 0.3 is 11.9 Å². The summed E-state index contributed by atoms with van der Waals surface area (Å²) in [6, 6.07) is 6.36. The average Bonchev–Trinajstić information content (AvgIpc) is 2.98. The maximum absolute atomic E-state index is 12.8. The summed E-state index contributed by atoms with van der Waals surface area (Å²) < 4.78 is 49.2. The minimum absolute atomic E-state index is 0.0312. The Bertz CT molecular complexity index is 1100. The molecule has 2 aromatic carbocycles. The SMILES string of the molecule is COc1cc(/C=C2\SC(N)=NC2=O)ccc1Oc1ccc(C(F)(F)F)cc1[N+](=O)[O-]. The van der Waals surface area contributed by atoms with Gasteiger partial charge in [-0.05, 0) is 47.7 Å². The number of aliphatic imine (C=N–C) groups is 1. The average molecular weight is 439 g/mol. The van der Waals surface area contributed by atoms with E-state index in [2.05, 4.69) is 4.99 Å². The largest absolute Gasteiger partial charge is 0.493 e. The number of ether oxygens (including phenoxy) is 2. The third-order valence-corrected chi connectivity index (χ3v) is 4.64. The highest BCUT2D eigenvalue weighted by atomic mass is 32.2. The van der Waals surface area contributed by atoms with E-state index < -0.39 is 28.3 Å². The molecule has 2 N–H and O–H groups in total. The summed E-state index contributed by atoms with van der Waals surface area (Å²) in [5.74, 6) is -0.705. The second kappa shape index (κ2) is 8.06. The van der Waals surface area contributed by atoms with E-state index in [1.165, 1.54) is 31.4 Å². The topological polar surface area (TPSA) is 117 Å². The van der Waals surface area contributed by atoms with Crippen LogP contribution in [0.2, 0.25) is 0 Å². The first-order valence-electron chi connectivity index (χ1n) is 8.08. The number of amides is 1. The molecular weight excluding hydrogens is 427 g/mol. The number of carbonyl (C=O) groups is 1. The van der Waals surface area contributed by atoms with Crippen molar-refractivity contribution < 1.29 is 32.4 Å². The van der Waals surface area contributed by atoms with Gasteiger partial charge in [0.1, 0.15) is 0 Å². The maximum Gasteiger partial charge on any atom is 0.416 e. The molecule has 0 saturated heterocycles. The number of hydrogen-bond donors (Lipinski definition) is 1. The van der Waals surface area contributed by atoms with Crippen molar-refractivity contribution in [3.8, 4) is 17.2 Å². The molecule has 1 heterocycles. The van der Waals surface area contributed by atoms with Gasteiger partial charge in [-0.15, -0.1) is 0 Å². The third-order valence-electron chi connectivity index (χ3n) is 3.83. The standard InChI is InChI=1S/C18H12F3N3O5S/c1-28-14-6-9(7-15-16(25)23-17(22)30-15)2-4-13(14)29-12-5-3-10(18(19,20)21)8-11(12)24(26)27/h2-8H,1H3,(H2,22,23,25)/b15-7-. The quantitative estimate of drug-likeness (QED) is 0.418. The van der Waals surface area contributed by atoms with E-state index in [0.29, 0.717) is 22.6 Å². The molecule has 156 valence electrons. The molecule has 2 aromatic rings. The van der Waals surface area contributed by atoms with Gasteiger partial charge in [-0.2, -0.15) is 18.2 Å². The zero-order chi connectivity index (χ0) is 22.1. The zero-order valence-corrected chi connectivity index (χ0v) is 15.9. The van der Waals surface area contributed by atoms with Crippen molar-refractivity contribution in [1.29, 1.82) is 0 Å². The number of alkyl halides is 3. The van der Waals surface area contributed by atoms with Crippen LogP contribution in [0.15, 0.2) is 46.3 Å². The molecule has 0 saturated carbocycles. The molecule has 0 unspecified atom stereocenters. The Morgan fingerprint density at radius 3 is 2.43 bits per heavy atom. The van der Waals surface area contributed by atoms with Crippen molar-refractivity contribution in [1.82, 2.24) is 0 Å². The molecule has 0 bridgehead atoms. The van der Waals surface area contributed by atoms with Gasteiger partial charge < -0.3 is 15.2 Å². The molecule has 30 heavy (non-hydrogen) atoms. The number of thioether (sulfide) groups is 1. The highest BCUT2D eigenvalue weighted by molar-refractivity contribution is 8.18. The van der Waals surface area contributed by atoms with Crippen LogP contribution in [0.4, 0.5) is 18.9 Å². The van der Waals surface area contributed by atoms with Gasteiger partial charge in [-0.3, -0.25) is 14.9 Å². The monoisotopic (exact) mass is 439 g/mol. The van der Waals surface area contributed by atoms with Crippen molar-refractivity contribution in [2.24, 2.45) is 10.7 Å². The number of halogens is 3. The number of rotatable bonds is 5. The molecule has 0 aromatic heterocycles. The minimum Gasteiger partial charge on any atom is -0.493 e. The summed E-state index contributed by atoms with van der Waals surface area (Å²) in [4.78, 5) is 25.8. The number of carbonyl (C=O) groups excluding carboxylic acids is 1. The highest BCUT2D eigenvalue weighted by Crippen LogP contribution is 2.40. The van der Waals surface area contributed by atoms with Crippen molar-refractivity contribution in [3.05, 3.63) is 62.5 Å². The predicted octanol–water partition coefficient (Wildman–Crippen LogP) is 4.34. The molecule has 0 spiro atoms. The van der Waals surface area contributed by atoms with Crippen LogP contribution in [-0.2, 0) is 11.0 Å². The number of nitrogens with two attached hydrogens (primary N) is 1. The molecular formula is C18H12F3N3O5S. The minimum atomic E-state index is -4.74. The Hall–Kier alpha value is -3.54. The molecule has 0 aliphatic carbocycles. The summed E-state index contributed by atoms with van der Waals surface area (Å²) in [6.07, 6.45) is -3.22. The zero-order valence-electron chi connectivity index (χ0n) is 15.1. The van der Waals surface area contributed by atoms with E-state index in [-0.39, 0.29) is 22.4 Å². The van der Waals surface area contributed by atoms with Gasteiger partial charge in [0.05, 0.1) is 22.5 Å². The molecule has 12 heteroatoms. The van der Waals surface area contributed by atoms with Crippen LogP contribution in [0.25, 0.3) is 6.08 Å². The Morgan fingerprint density at radius 2 is 1.87 bits per heavy atom. The van der Waals surface area contributed by atoms with E-state index in [4.69, 9.17) is 15.2 Å². The fourth-order valence-corrected chi connectivity index (χ4v) is 3.16. The Balaban J connectivity index is 1.93.